The Morgan fingerprint density at radius 3 is 2.41 bits per heavy atom. The van der Waals surface area contributed by atoms with Crippen molar-refractivity contribution in [2.75, 3.05) is 10.6 Å². The number of aromatic nitrogens is 3. The molecule has 1 atom stereocenters. The van der Waals surface area contributed by atoms with E-state index in [1.54, 1.807) is 6.20 Å². The quantitative estimate of drug-likeness (QED) is 0.614. The van der Waals surface area contributed by atoms with E-state index in [1.165, 1.54) is 16.7 Å². The topological polar surface area (TPSA) is 62.7 Å². The van der Waals surface area contributed by atoms with Crippen molar-refractivity contribution in [2.45, 2.75) is 47.1 Å². The van der Waals surface area contributed by atoms with Gasteiger partial charge in [-0.3, -0.25) is 4.98 Å². The molecule has 140 valence electrons. The molecule has 2 N–H and O–H groups in total. The van der Waals surface area contributed by atoms with E-state index >= 15 is 0 Å². The fraction of sp³-hybridized carbons (Fsp3) is 0.318. The first kappa shape index (κ1) is 18.8. The van der Waals surface area contributed by atoms with Crippen LogP contribution in [0.5, 0.6) is 0 Å². The van der Waals surface area contributed by atoms with Crippen LogP contribution in [0.3, 0.4) is 0 Å². The molecule has 0 aliphatic carbocycles. The fourth-order valence-electron chi connectivity index (χ4n) is 3.07. The summed E-state index contributed by atoms with van der Waals surface area (Å²) in [6, 6.07) is 10.5. The monoisotopic (exact) mass is 361 g/mol. The summed E-state index contributed by atoms with van der Waals surface area (Å²) in [4.78, 5) is 13.6. The Kier molecular flexibility index (Phi) is 5.69. The van der Waals surface area contributed by atoms with Crippen molar-refractivity contribution in [3.05, 3.63) is 59.4 Å². The minimum atomic E-state index is 0.296. The van der Waals surface area contributed by atoms with Crippen LogP contribution in [0, 0.1) is 20.8 Å². The van der Waals surface area contributed by atoms with Gasteiger partial charge >= 0.3 is 0 Å². The number of aryl methyl sites for hydroxylation is 3. The highest BCUT2D eigenvalue weighted by Gasteiger charge is 2.11. The van der Waals surface area contributed by atoms with Crippen molar-refractivity contribution in [3.8, 4) is 11.3 Å². The molecule has 0 radical (unpaired) electrons. The molecule has 5 heteroatoms. The number of nitrogens with one attached hydrogen (secondary N) is 2. The van der Waals surface area contributed by atoms with Crippen molar-refractivity contribution < 1.29 is 0 Å². The number of rotatable bonds is 6. The summed E-state index contributed by atoms with van der Waals surface area (Å²) < 4.78 is 0. The predicted octanol–water partition coefficient (Wildman–Crippen LogP) is 5.42. The van der Waals surface area contributed by atoms with Gasteiger partial charge in [-0.05, 0) is 57.4 Å². The van der Waals surface area contributed by atoms with Crippen LogP contribution in [0.25, 0.3) is 11.3 Å². The third-order valence-corrected chi connectivity index (χ3v) is 4.60. The Morgan fingerprint density at radius 1 is 1.04 bits per heavy atom. The molecule has 2 heterocycles. The summed E-state index contributed by atoms with van der Waals surface area (Å²) in [7, 11) is 0. The van der Waals surface area contributed by atoms with Gasteiger partial charge in [-0.1, -0.05) is 24.6 Å². The zero-order valence-corrected chi connectivity index (χ0v) is 16.7. The van der Waals surface area contributed by atoms with Crippen LogP contribution in [0.4, 0.5) is 17.5 Å². The number of hydrogen-bond acceptors (Lipinski definition) is 5. The van der Waals surface area contributed by atoms with Gasteiger partial charge in [0.05, 0.1) is 5.69 Å². The Morgan fingerprint density at radius 2 is 1.78 bits per heavy atom. The molecule has 5 nitrogen and oxygen atoms in total. The molecule has 3 rings (SSSR count). The van der Waals surface area contributed by atoms with E-state index in [-0.39, 0.29) is 0 Å². The molecule has 0 saturated heterocycles. The van der Waals surface area contributed by atoms with Gasteiger partial charge in [0, 0.05) is 35.8 Å². The van der Waals surface area contributed by atoms with Crippen LogP contribution in [-0.4, -0.2) is 21.0 Å². The van der Waals surface area contributed by atoms with Crippen LogP contribution in [0.2, 0.25) is 0 Å². The maximum atomic E-state index is 4.69. The smallest absolute Gasteiger partial charge is 0.225 e. The molecule has 0 amide bonds. The SMILES string of the molecule is CC[C@H](C)Nc1nc(Nc2c(C)cc(C)cc2C)cc(-c2cccnc2)n1. The van der Waals surface area contributed by atoms with E-state index in [1.807, 2.05) is 24.4 Å². The van der Waals surface area contributed by atoms with Gasteiger partial charge in [-0.2, -0.15) is 4.98 Å². The van der Waals surface area contributed by atoms with Gasteiger partial charge in [0.15, 0.2) is 0 Å². The number of anilines is 3. The molecule has 27 heavy (non-hydrogen) atoms. The zero-order chi connectivity index (χ0) is 19.4. The molecule has 1 aromatic carbocycles. The molecule has 0 aliphatic rings. The molecule has 0 saturated carbocycles. The van der Waals surface area contributed by atoms with Crippen molar-refractivity contribution in [3.63, 3.8) is 0 Å². The normalized spacial score (nSPS) is 11.9. The number of hydrogen-bond donors (Lipinski definition) is 2. The van der Waals surface area contributed by atoms with Gasteiger partial charge in [0.1, 0.15) is 5.82 Å². The van der Waals surface area contributed by atoms with Crippen LogP contribution < -0.4 is 10.6 Å². The second kappa shape index (κ2) is 8.16. The van der Waals surface area contributed by atoms with Crippen molar-refractivity contribution in [1.29, 1.82) is 0 Å². The Bertz CT molecular complexity index is 898. The molecular formula is C22H27N5. The van der Waals surface area contributed by atoms with E-state index < -0.39 is 0 Å². The summed E-state index contributed by atoms with van der Waals surface area (Å²) in [5.41, 5.74) is 6.55. The molecule has 0 bridgehead atoms. The fourth-order valence-corrected chi connectivity index (χ4v) is 3.07. The maximum absolute atomic E-state index is 4.69. The number of benzene rings is 1. The largest absolute Gasteiger partial charge is 0.352 e. The molecular weight excluding hydrogens is 334 g/mol. The minimum Gasteiger partial charge on any atom is -0.352 e. The average molecular weight is 361 g/mol. The third-order valence-electron chi connectivity index (χ3n) is 4.60. The Hall–Kier alpha value is -2.95. The molecule has 0 unspecified atom stereocenters. The van der Waals surface area contributed by atoms with Crippen LogP contribution >= 0.6 is 0 Å². The van der Waals surface area contributed by atoms with E-state index in [9.17, 15) is 0 Å². The van der Waals surface area contributed by atoms with Crippen LogP contribution in [0.1, 0.15) is 37.0 Å². The summed E-state index contributed by atoms with van der Waals surface area (Å²) in [6.45, 7) is 10.6. The van der Waals surface area contributed by atoms with Crippen molar-refractivity contribution in [2.24, 2.45) is 0 Å². The highest BCUT2D eigenvalue weighted by atomic mass is 15.2. The average Bonchev–Trinajstić information content (AvgIpc) is 2.65. The lowest BCUT2D eigenvalue weighted by Gasteiger charge is -2.17. The maximum Gasteiger partial charge on any atom is 0.225 e. The summed E-state index contributed by atoms with van der Waals surface area (Å²) >= 11 is 0. The Balaban J connectivity index is 2.02. The van der Waals surface area contributed by atoms with Crippen molar-refractivity contribution >= 4 is 17.5 Å². The number of pyridine rings is 1. The van der Waals surface area contributed by atoms with Gasteiger partial charge in [0.25, 0.3) is 0 Å². The first-order valence-electron chi connectivity index (χ1n) is 9.37. The van der Waals surface area contributed by atoms with E-state index in [4.69, 9.17) is 4.98 Å². The third kappa shape index (κ3) is 4.61. The first-order valence-corrected chi connectivity index (χ1v) is 9.37. The van der Waals surface area contributed by atoms with Crippen LogP contribution in [0.15, 0.2) is 42.7 Å². The second-order valence-electron chi connectivity index (χ2n) is 7.06. The molecule has 0 spiro atoms. The lowest BCUT2D eigenvalue weighted by atomic mass is 10.1. The molecule has 0 fully saturated rings. The van der Waals surface area contributed by atoms with Gasteiger partial charge in [0.2, 0.25) is 5.95 Å². The Labute approximate surface area is 161 Å². The summed E-state index contributed by atoms with van der Waals surface area (Å²) in [5.74, 6) is 1.39. The molecule has 3 aromatic rings. The standard InChI is InChI=1S/C22H27N5/c1-6-17(5)24-22-25-19(18-8-7-9-23-13-18)12-20(27-22)26-21-15(3)10-14(2)11-16(21)4/h7-13,17H,6H2,1-5H3,(H2,24,25,26,27)/t17-/m0/s1. The van der Waals surface area contributed by atoms with E-state index in [0.29, 0.717) is 12.0 Å². The van der Waals surface area contributed by atoms with Gasteiger partial charge in [-0.15, -0.1) is 0 Å². The molecule has 0 aliphatic heterocycles. The van der Waals surface area contributed by atoms with E-state index in [0.717, 1.165) is 29.2 Å². The van der Waals surface area contributed by atoms with Gasteiger partial charge < -0.3 is 10.6 Å². The van der Waals surface area contributed by atoms with E-state index in [2.05, 4.69) is 67.4 Å². The number of nitrogens with zero attached hydrogens (tertiary/aromatic N) is 3. The van der Waals surface area contributed by atoms with Gasteiger partial charge in [-0.25, -0.2) is 4.98 Å². The predicted molar refractivity (Wildman–Crippen MR) is 113 cm³/mol. The second-order valence-corrected chi connectivity index (χ2v) is 7.06. The molecule has 2 aromatic heterocycles. The highest BCUT2D eigenvalue weighted by molar-refractivity contribution is 5.70. The van der Waals surface area contributed by atoms with Crippen molar-refractivity contribution in [1.82, 2.24) is 15.0 Å². The zero-order valence-electron chi connectivity index (χ0n) is 16.7. The first-order chi connectivity index (χ1) is 13.0. The van der Waals surface area contributed by atoms with Crippen LogP contribution in [-0.2, 0) is 0 Å². The lowest BCUT2D eigenvalue weighted by Crippen LogP contribution is -2.16. The lowest BCUT2D eigenvalue weighted by molar-refractivity contribution is 0.753. The summed E-state index contributed by atoms with van der Waals surface area (Å²) in [5, 5.41) is 6.88. The highest BCUT2D eigenvalue weighted by Crippen LogP contribution is 2.28. The minimum absolute atomic E-state index is 0.296. The summed E-state index contributed by atoms with van der Waals surface area (Å²) in [6.07, 6.45) is 4.59.